The maximum absolute atomic E-state index is 11.9. The molecule has 0 fully saturated rings. The van der Waals surface area contributed by atoms with Crippen molar-refractivity contribution < 1.29 is 19.4 Å². The number of hydrogen-bond donors (Lipinski definition) is 2. The fraction of sp³-hybridized carbons (Fsp3) is 0.400. The molecule has 21 heavy (non-hydrogen) atoms. The Morgan fingerprint density at radius 3 is 2.86 bits per heavy atom. The number of methoxy groups -OCH3 is 2. The summed E-state index contributed by atoms with van der Waals surface area (Å²) in [6.45, 7) is 0.359. The van der Waals surface area contributed by atoms with Crippen LogP contribution in [-0.4, -0.2) is 44.5 Å². The number of hydrogen-bond acceptors (Lipinski definition) is 4. The largest absolute Gasteiger partial charge is 0.496 e. The number of aliphatic hydroxyl groups excluding tert-OH is 1. The van der Waals surface area contributed by atoms with Crippen LogP contribution >= 0.6 is 15.9 Å². The lowest BCUT2D eigenvalue weighted by Crippen LogP contribution is -2.37. The summed E-state index contributed by atoms with van der Waals surface area (Å²) in [4.78, 5) is 11.9. The monoisotopic (exact) mass is 357 g/mol. The molecule has 0 aliphatic rings. The van der Waals surface area contributed by atoms with E-state index in [1.54, 1.807) is 20.3 Å². The smallest absolute Gasteiger partial charge is 0.244 e. The lowest BCUT2D eigenvalue weighted by molar-refractivity contribution is -0.117. The van der Waals surface area contributed by atoms with Crippen molar-refractivity contribution in [1.29, 1.82) is 0 Å². The predicted molar refractivity (Wildman–Crippen MR) is 85.2 cm³/mol. The van der Waals surface area contributed by atoms with Crippen molar-refractivity contribution in [2.45, 2.75) is 12.5 Å². The van der Waals surface area contributed by atoms with Gasteiger partial charge in [-0.2, -0.15) is 0 Å². The van der Waals surface area contributed by atoms with Crippen LogP contribution in [0.15, 0.2) is 28.7 Å². The molecule has 1 aromatic rings. The van der Waals surface area contributed by atoms with Crippen LogP contribution in [0.25, 0.3) is 6.08 Å². The second-order valence-electron chi connectivity index (χ2n) is 4.39. The molecular formula is C15H20BrNO4. The fourth-order valence-corrected chi connectivity index (χ4v) is 2.18. The minimum Gasteiger partial charge on any atom is -0.496 e. The average Bonchev–Trinajstić information content (AvgIpc) is 2.46. The molecule has 6 heteroatoms. The van der Waals surface area contributed by atoms with Gasteiger partial charge in [-0.1, -0.05) is 15.9 Å². The van der Waals surface area contributed by atoms with Crippen molar-refractivity contribution >= 4 is 27.9 Å². The number of carbonyl (C=O) groups excluding carboxylic acids is 1. The van der Waals surface area contributed by atoms with E-state index < -0.39 is 0 Å². The zero-order chi connectivity index (χ0) is 15.7. The van der Waals surface area contributed by atoms with Crippen LogP contribution < -0.4 is 10.1 Å². The molecule has 0 aromatic heterocycles. The standard InChI is InChI=1S/C15H20BrNO4/c1-20-10-13(7-8-18)17-15(19)6-3-11-9-12(16)4-5-14(11)21-2/h3-6,9,13,18H,7-8,10H2,1-2H3,(H,17,19)/b6-3+. The predicted octanol–water partition coefficient (Wildman–Crippen LogP) is 1.98. The molecule has 1 amide bonds. The molecule has 0 saturated carbocycles. The highest BCUT2D eigenvalue weighted by atomic mass is 79.9. The highest BCUT2D eigenvalue weighted by Gasteiger charge is 2.09. The van der Waals surface area contributed by atoms with Crippen molar-refractivity contribution in [2.75, 3.05) is 27.4 Å². The molecule has 5 nitrogen and oxygen atoms in total. The molecular weight excluding hydrogens is 338 g/mol. The van der Waals surface area contributed by atoms with E-state index in [9.17, 15) is 4.79 Å². The van der Waals surface area contributed by atoms with Gasteiger partial charge in [0, 0.05) is 29.8 Å². The second kappa shape index (κ2) is 9.55. The van der Waals surface area contributed by atoms with E-state index in [1.807, 2.05) is 18.2 Å². The molecule has 0 aliphatic heterocycles. The molecule has 0 heterocycles. The summed E-state index contributed by atoms with van der Waals surface area (Å²) in [5, 5.41) is 11.7. The van der Waals surface area contributed by atoms with E-state index in [0.717, 1.165) is 10.0 Å². The quantitative estimate of drug-likeness (QED) is 0.698. The maximum Gasteiger partial charge on any atom is 0.244 e. The number of benzene rings is 1. The van der Waals surface area contributed by atoms with E-state index >= 15 is 0 Å². The molecule has 1 aromatic carbocycles. The molecule has 1 unspecified atom stereocenters. The third kappa shape index (κ3) is 6.29. The van der Waals surface area contributed by atoms with Gasteiger partial charge in [-0.05, 0) is 30.7 Å². The number of rotatable bonds is 8. The SMILES string of the molecule is COCC(CCO)NC(=O)/C=C/c1cc(Br)ccc1OC. The van der Waals surface area contributed by atoms with Crippen molar-refractivity contribution in [3.8, 4) is 5.75 Å². The lowest BCUT2D eigenvalue weighted by atomic mass is 10.2. The van der Waals surface area contributed by atoms with E-state index in [4.69, 9.17) is 14.6 Å². The number of aliphatic hydroxyl groups is 1. The minimum atomic E-state index is -0.243. The zero-order valence-electron chi connectivity index (χ0n) is 12.1. The Morgan fingerprint density at radius 1 is 1.48 bits per heavy atom. The minimum absolute atomic E-state index is 0.00250. The van der Waals surface area contributed by atoms with Crippen LogP contribution in [0.1, 0.15) is 12.0 Å². The molecule has 0 bridgehead atoms. The summed E-state index contributed by atoms with van der Waals surface area (Å²) >= 11 is 3.38. The van der Waals surface area contributed by atoms with Crippen molar-refractivity contribution in [3.05, 3.63) is 34.3 Å². The Hall–Kier alpha value is -1.37. The summed E-state index contributed by atoms with van der Waals surface area (Å²) < 4.78 is 11.1. The number of ether oxygens (including phenoxy) is 2. The Labute approximate surface area is 133 Å². The van der Waals surface area contributed by atoms with Crippen LogP contribution in [0.5, 0.6) is 5.75 Å². The van der Waals surface area contributed by atoms with Gasteiger partial charge in [0.15, 0.2) is 0 Å². The fourth-order valence-electron chi connectivity index (χ4n) is 1.80. The van der Waals surface area contributed by atoms with E-state index in [1.165, 1.54) is 6.08 Å². The Bertz CT molecular complexity index is 485. The molecule has 2 N–H and O–H groups in total. The van der Waals surface area contributed by atoms with Gasteiger partial charge in [0.1, 0.15) is 5.75 Å². The van der Waals surface area contributed by atoms with Gasteiger partial charge in [-0.25, -0.2) is 0 Å². The van der Waals surface area contributed by atoms with Crippen LogP contribution in [-0.2, 0) is 9.53 Å². The van der Waals surface area contributed by atoms with Gasteiger partial charge >= 0.3 is 0 Å². The molecule has 1 rings (SSSR count). The first kappa shape index (κ1) is 17.7. The first-order chi connectivity index (χ1) is 10.1. The van der Waals surface area contributed by atoms with Crippen LogP contribution in [0.3, 0.4) is 0 Å². The van der Waals surface area contributed by atoms with E-state index in [0.29, 0.717) is 18.8 Å². The summed E-state index contributed by atoms with van der Waals surface area (Å²) in [7, 11) is 3.13. The van der Waals surface area contributed by atoms with Gasteiger partial charge in [0.25, 0.3) is 0 Å². The van der Waals surface area contributed by atoms with Gasteiger partial charge in [-0.3, -0.25) is 4.79 Å². The van der Waals surface area contributed by atoms with Gasteiger partial charge in [0.2, 0.25) is 5.91 Å². The Kier molecular flexibility index (Phi) is 8.04. The average molecular weight is 358 g/mol. The van der Waals surface area contributed by atoms with Crippen LogP contribution in [0.4, 0.5) is 0 Å². The molecule has 0 aliphatic carbocycles. The maximum atomic E-state index is 11.9. The molecule has 1 atom stereocenters. The summed E-state index contributed by atoms with van der Waals surface area (Å²) in [6.07, 6.45) is 3.57. The lowest BCUT2D eigenvalue weighted by Gasteiger charge is -2.15. The third-order valence-electron chi connectivity index (χ3n) is 2.80. The number of nitrogens with one attached hydrogen (secondary N) is 1. The van der Waals surface area contributed by atoms with E-state index in [2.05, 4.69) is 21.2 Å². The summed E-state index contributed by atoms with van der Waals surface area (Å²) in [6, 6.07) is 5.34. The molecule has 0 radical (unpaired) electrons. The topological polar surface area (TPSA) is 67.8 Å². The number of carbonyl (C=O) groups is 1. The third-order valence-corrected chi connectivity index (χ3v) is 3.29. The van der Waals surface area contributed by atoms with Crippen LogP contribution in [0.2, 0.25) is 0 Å². The highest BCUT2D eigenvalue weighted by molar-refractivity contribution is 9.10. The van der Waals surface area contributed by atoms with Gasteiger partial charge < -0.3 is 19.9 Å². The zero-order valence-corrected chi connectivity index (χ0v) is 13.7. The Morgan fingerprint density at radius 2 is 2.24 bits per heavy atom. The second-order valence-corrected chi connectivity index (χ2v) is 5.31. The first-order valence-corrected chi connectivity index (χ1v) is 7.32. The first-order valence-electron chi connectivity index (χ1n) is 6.52. The number of amides is 1. The number of halogens is 1. The summed E-state index contributed by atoms with van der Waals surface area (Å²) in [5.41, 5.74) is 0.799. The normalized spacial score (nSPS) is 12.4. The van der Waals surface area contributed by atoms with Crippen LogP contribution in [0, 0.1) is 0 Å². The molecule has 116 valence electrons. The molecule has 0 spiro atoms. The van der Waals surface area contributed by atoms with Gasteiger partial charge in [-0.15, -0.1) is 0 Å². The van der Waals surface area contributed by atoms with Crippen molar-refractivity contribution in [3.63, 3.8) is 0 Å². The van der Waals surface area contributed by atoms with E-state index in [-0.39, 0.29) is 18.6 Å². The summed E-state index contributed by atoms with van der Waals surface area (Å²) in [5.74, 6) is 0.443. The highest BCUT2D eigenvalue weighted by Crippen LogP contribution is 2.23. The van der Waals surface area contributed by atoms with Gasteiger partial charge in [0.05, 0.1) is 19.8 Å². The Balaban J connectivity index is 2.70. The van der Waals surface area contributed by atoms with Crippen molar-refractivity contribution in [2.24, 2.45) is 0 Å². The molecule has 0 saturated heterocycles. The van der Waals surface area contributed by atoms with Crippen molar-refractivity contribution in [1.82, 2.24) is 5.32 Å².